The molecule has 3 aliphatic rings. The lowest BCUT2D eigenvalue weighted by molar-refractivity contribution is 0.0946. The van der Waals surface area contributed by atoms with Crippen LogP contribution < -0.4 is 20.7 Å². The third kappa shape index (κ3) is 3.04. The predicted octanol–water partition coefficient (Wildman–Crippen LogP) is 1.86. The van der Waals surface area contributed by atoms with E-state index in [2.05, 4.69) is 16.0 Å². The van der Waals surface area contributed by atoms with Gasteiger partial charge in [-0.05, 0) is 29.5 Å². The van der Waals surface area contributed by atoms with E-state index in [1.807, 2.05) is 30.3 Å². The quantitative estimate of drug-likeness (QED) is 0.704. The van der Waals surface area contributed by atoms with E-state index in [-0.39, 0.29) is 29.3 Å². The lowest BCUT2D eigenvalue weighted by atomic mass is 9.86. The SMILES string of the molecule is CNC(=O)c1cc(C(=O)NC2[C@H]3CNC[C@@H]23)cc2c1OC(CF)C2c1ccccc1. The van der Waals surface area contributed by atoms with E-state index in [9.17, 15) is 14.0 Å². The minimum atomic E-state index is -0.738. The molecule has 2 amide bonds. The molecule has 3 unspecified atom stereocenters. The zero-order valence-corrected chi connectivity index (χ0v) is 16.7. The number of nitrogens with one attached hydrogen (secondary N) is 3. The Balaban J connectivity index is 1.54. The van der Waals surface area contributed by atoms with Crippen LogP contribution in [0.25, 0.3) is 0 Å². The fourth-order valence-corrected chi connectivity index (χ4v) is 4.91. The third-order valence-corrected chi connectivity index (χ3v) is 6.53. The summed E-state index contributed by atoms with van der Waals surface area (Å²) in [7, 11) is 1.52. The number of halogens is 1. The molecule has 1 saturated heterocycles. The van der Waals surface area contributed by atoms with Gasteiger partial charge in [-0.1, -0.05) is 30.3 Å². The van der Waals surface area contributed by atoms with Crippen molar-refractivity contribution in [2.45, 2.75) is 18.1 Å². The van der Waals surface area contributed by atoms with Crippen LogP contribution in [0.1, 0.15) is 37.8 Å². The van der Waals surface area contributed by atoms with Crippen molar-refractivity contribution in [3.05, 3.63) is 64.7 Å². The molecule has 1 saturated carbocycles. The number of hydrogen-bond acceptors (Lipinski definition) is 4. The molecule has 0 spiro atoms. The number of ether oxygens (including phenoxy) is 1. The predicted molar refractivity (Wildman–Crippen MR) is 110 cm³/mol. The summed E-state index contributed by atoms with van der Waals surface area (Å²) in [6.07, 6.45) is -0.738. The van der Waals surface area contributed by atoms with Crippen LogP contribution in [0.5, 0.6) is 5.75 Å². The maximum absolute atomic E-state index is 13.9. The first-order valence-corrected chi connectivity index (χ1v) is 10.3. The van der Waals surface area contributed by atoms with Gasteiger partial charge in [0, 0.05) is 37.3 Å². The first-order chi connectivity index (χ1) is 14.6. The Labute approximate surface area is 174 Å². The molecule has 2 aliphatic heterocycles. The van der Waals surface area contributed by atoms with Gasteiger partial charge in [-0.2, -0.15) is 0 Å². The largest absolute Gasteiger partial charge is 0.486 e. The zero-order valence-electron chi connectivity index (χ0n) is 16.7. The van der Waals surface area contributed by atoms with Gasteiger partial charge in [0.15, 0.2) is 0 Å². The van der Waals surface area contributed by atoms with Crippen LogP contribution in [0, 0.1) is 11.8 Å². The van der Waals surface area contributed by atoms with Gasteiger partial charge in [-0.3, -0.25) is 9.59 Å². The standard InChI is InChI=1S/C23H24FN3O3/c1-25-23(29)15-8-13(22(28)27-20-16-10-26-11-17(16)20)7-14-19(12-5-3-2-4-6-12)18(9-24)30-21(14)15/h2-8,16-20,26H,9-11H2,1H3,(H,25,29)(H,27,28)/t16-,17+,18?,19?,20?. The lowest BCUT2D eigenvalue weighted by Crippen LogP contribution is -2.32. The summed E-state index contributed by atoms with van der Waals surface area (Å²) >= 11 is 0. The van der Waals surface area contributed by atoms with Crippen molar-refractivity contribution in [3.8, 4) is 5.75 Å². The number of fused-ring (bicyclic) bond motifs is 2. The van der Waals surface area contributed by atoms with Crippen molar-refractivity contribution in [1.29, 1.82) is 0 Å². The second-order valence-electron chi connectivity index (χ2n) is 8.21. The summed E-state index contributed by atoms with van der Waals surface area (Å²) in [5.41, 5.74) is 2.22. The minimum absolute atomic E-state index is 0.176. The number of carbonyl (C=O) groups is 2. The van der Waals surface area contributed by atoms with Gasteiger partial charge < -0.3 is 20.7 Å². The van der Waals surface area contributed by atoms with Gasteiger partial charge in [0.1, 0.15) is 18.5 Å². The molecule has 0 bridgehead atoms. The topological polar surface area (TPSA) is 79.5 Å². The van der Waals surface area contributed by atoms with Crippen molar-refractivity contribution >= 4 is 11.8 Å². The number of alkyl halides is 1. The molecule has 2 aromatic rings. The molecule has 30 heavy (non-hydrogen) atoms. The van der Waals surface area contributed by atoms with Gasteiger partial charge in [-0.15, -0.1) is 0 Å². The monoisotopic (exact) mass is 409 g/mol. The molecule has 7 heteroatoms. The Morgan fingerprint density at radius 2 is 1.87 bits per heavy atom. The molecule has 0 aromatic heterocycles. The molecular weight excluding hydrogens is 385 g/mol. The molecule has 156 valence electrons. The second kappa shape index (κ2) is 7.40. The lowest BCUT2D eigenvalue weighted by Gasteiger charge is -2.16. The highest BCUT2D eigenvalue weighted by atomic mass is 19.1. The Hall–Kier alpha value is -2.93. The van der Waals surface area contributed by atoms with Crippen LogP contribution in [-0.4, -0.2) is 50.8 Å². The second-order valence-corrected chi connectivity index (χ2v) is 8.21. The zero-order chi connectivity index (χ0) is 20.8. The van der Waals surface area contributed by atoms with Crippen LogP contribution in [0.2, 0.25) is 0 Å². The number of amides is 2. The third-order valence-electron chi connectivity index (χ3n) is 6.53. The molecule has 5 atom stereocenters. The Morgan fingerprint density at radius 1 is 1.13 bits per heavy atom. The normalized spacial score (nSPS) is 28.3. The van der Waals surface area contributed by atoms with Crippen LogP contribution in [0.3, 0.4) is 0 Å². The molecule has 2 aromatic carbocycles. The molecule has 3 N–H and O–H groups in total. The van der Waals surface area contributed by atoms with Crippen LogP contribution in [-0.2, 0) is 0 Å². The Kier molecular flexibility index (Phi) is 4.70. The number of rotatable bonds is 5. The summed E-state index contributed by atoms with van der Waals surface area (Å²) < 4.78 is 19.8. The van der Waals surface area contributed by atoms with Gasteiger partial charge in [-0.25, -0.2) is 4.39 Å². The van der Waals surface area contributed by atoms with Crippen molar-refractivity contribution < 1.29 is 18.7 Å². The fourth-order valence-electron chi connectivity index (χ4n) is 4.91. The summed E-state index contributed by atoms with van der Waals surface area (Å²) in [5.74, 6) is 0.371. The molecule has 2 heterocycles. The molecule has 1 aliphatic carbocycles. The molecule has 2 fully saturated rings. The molecular formula is C23H24FN3O3. The summed E-state index contributed by atoms with van der Waals surface area (Å²) in [6.45, 7) is 1.15. The van der Waals surface area contributed by atoms with Gasteiger partial charge in [0.2, 0.25) is 0 Å². The van der Waals surface area contributed by atoms with E-state index in [0.717, 1.165) is 18.7 Å². The summed E-state index contributed by atoms with van der Waals surface area (Å²) in [6, 6.07) is 13.0. The van der Waals surface area contributed by atoms with Crippen molar-refractivity contribution in [2.75, 3.05) is 26.8 Å². The summed E-state index contributed by atoms with van der Waals surface area (Å²) in [5, 5.41) is 9.01. The average molecular weight is 409 g/mol. The van der Waals surface area contributed by atoms with E-state index in [1.165, 1.54) is 7.05 Å². The Morgan fingerprint density at radius 3 is 2.53 bits per heavy atom. The van der Waals surface area contributed by atoms with E-state index < -0.39 is 12.8 Å². The van der Waals surface area contributed by atoms with Crippen LogP contribution in [0.4, 0.5) is 4.39 Å². The van der Waals surface area contributed by atoms with E-state index in [0.29, 0.717) is 28.7 Å². The smallest absolute Gasteiger partial charge is 0.254 e. The van der Waals surface area contributed by atoms with Gasteiger partial charge >= 0.3 is 0 Å². The number of piperidine rings is 1. The molecule has 6 nitrogen and oxygen atoms in total. The van der Waals surface area contributed by atoms with Crippen molar-refractivity contribution in [2.24, 2.45) is 11.8 Å². The molecule has 0 radical (unpaired) electrons. The highest BCUT2D eigenvalue weighted by molar-refractivity contribution is 6.02. The first-order valence-electron chi connectivity index (χ1n) is 10.3. The van der Waals surface area contributed by atoms with Gasteiger partial charge in [0.25, 0.3) is 11.8 Å². The number of carbonyl (C=O) groups excluding carboxylic acids is 2. The van der Waals surface area contributed by atoms with Crippen molar-refractivity contribution in [1.82, 2.24) is 16.0 Å². The van der Waals surface area contributed by atoms with Gasteiger partial charge in [0.05, 0.1) is 11.5 Å². The van der Waals surface area contributed by atoms with E-state index in [4.69, 9.17) is 4.74 Å². The maximum atomic E-state index is 13.9. The number of benzene rings is 2. The van der Waals surface area contributed by atoms with Crippen LogP contribution in [0.15, 0.2) is 42.5 Å². The maximum Gasteiger partial charge on any atom is 0.254 e. The minimum Gasteiger partial charge on any atom is -0.486 e. The van der Waals surface area contributed by atoms with Crippen LogP contribution >= 0.6 is 0 Å². The Bertz CT molecular complexity index is 987. The van der Waals surface area contributed by atoms with Crippen molar-refractivity contribution in [3.63, 3.8) is 0 Å². The first kappa shape index (κ1) is 19.1. The average Bonchev–Trinajstić information content (AvgIpc) is 3.14. The van der Waals surface area contributed by atoms with E-state index in [1.54, 1.807) is 12.1 Å². The summed E-state index contributed by atoms with van der Waals surface area (Å²) in [4.78, 5) is 25.6. The fraction of sp³-hybridized carbons (Fsp3) is 0.391. The highest BCUT2D eigenvalue weighted by Gasteiger charge is 2.53. The molecule has 5 rings (SSSR count). The van der Waals surface area contributed by atoms with E-state index >= 15 is 0 Å². The number of hydrogen-bond donors (Lipinski definition) is 3. The highest BCUT2D eigenvalue weighted by Crippen LogP contribution is 2.46.